The van der Waals surface area contributed by atoms with E-state index in [-0.39, 0.29) is 12.4 Å². The fourth-order valence-electron chi connectivity index (χ4n) is 6.32. The quantitative estimate of drug-likeness (QED) is 0.593. The molecule has 0 amide bonds. The van der Waals surface area contributed by atoms with E-state index in [1.54, 1.807) is 18.4 Å². The Kier molecular flexibility index (Phi) is 4.03. The summed E-state index contributed by atoms with van der Waals surface area (Å²) in [7, 11) is 1.65. The molecule has 7 rings (SSSR count). The van der Waals surface area contributed by atoms with E-state index in [1.165, 1.54) is 49.9 Å². The van der Waals surface area contributed by atoms with Crippen molar-refractivity contribution in [3.63, 3.8) is 0 Å². The van der Waals surface area contributed by atoms with E-state index >= 15 is 0 Å². The van der Waals surface area contributed by atoms with E-state index in [0.717, 1.165) is 28.3 Å². The van der Waals surface area contributed by atoms with Crippen LogP contribution in [0.2, 0.25) is 0 Å². The van der Waals surface area contributed by atoms with Gasteiger partial charge < -0.3 is 4.74 Å². The topological polar surface area (TPSA) is 39.4 Å². The number of fused-ring (bicyclic) bond motifs is 1. The Balaban J connectivity index is 0.00000160. The molecule has 4 bridgehead atoms. The number of rotatable bonds is 3. The summed E-state index contributed by atoms with van der Waals surface area (Å²) >= 11 is 1.74. The molecule has 0 unspecified atom stereocenters. The number of imidazole rings is 1. The highest BCUT2D eigenvalue weighted by atomic mass is 35.5. The van der Waals surface area contributed by atoms with Crippen molar-refractivity contribution in [1.29, 1.82) is 0 Å². The van der Waals surface area contributed by atoms with Crippen LogP contribution in [-0.2, 0) is 5.41 Å². The highest BCUT2D eigenvalue weighted by Gasteiger charge is 2.52. The molecule has 4 aliphatic rings. The average Bonchev–Trinajstić information content (AvgIpc) is 3.22. The van der Waals surface area contributed by atoms with E-state index in [4.69, 9.17) is 9.72 Å². The average molecular weight is 402 g/mol. The molecule has 4 nitrogen and oxygen atoms in total. The third-order valence-corrected chi connectivity index (χ3v) is 7.87. The predicted octanol–water partition coefficient (Wildman–Crippen LogP) is 5.36. The number of nitrogens with zero attached hydrogens (tertiary/aromatic N) is 3. The van der Waals surface area contributed by atoms with Gasteiger partial charge in [0, 0.05) is 34.8 Å². The highest BCUT2D eigenvalue weighted by molar-refractivity contribution is 7.15. The van der Waals surface area contributed by atoms with Gasteiger partial charge in [0.05, 0.1) is 18.5 Å². The first-order valence-corrected chi connectivity index (χ1v) is 10.6. The van der Waals surface area contributed by atoms with Crippen molar-refractivity contribution >= 4 is 28.7 Å². The SMILES string of the molecule is COc1ccc(-c2csc3nc(C45CC6CC(CC(C6)C4)C5)cn23)cn1.Cl. The Morgan fingerprint density at radius 1 is 1.11 bits per heavy atom. The number of ether oxygens (including phenoxy) is 1. The van der Waals surface area contributed by atoms with Crippen molar-refractivity contribution in [1.82, 2.24) is 14.4 Å². The summed E-state index contributed by atoms with van der Waals surface area (Å²) in [5.41, 5.74) is 4.01. The zero-order valence-electron chi connectivity index (χ0n) is 15.4. The van der Waals surface area contributed by atoms with Crippen LogP contribution in [0.4, 0.5) is 0 Å². The summed E-state index contributed by atoms with van der Waals surface area (Å²) in [6.07, 6.45) is 12.7. The molecule has 0 aliphatic heterocycles. The van der Waals surface area contributed by atoms with Crippen LogP contribution in [0.5, 0.6) is 5.88 Å². The minimum absolute atomic E-state index is 0. The van der Waals surface area contributed by atoms with Crippen LogP contribution in [-0.4, -0.2) is 21.5 Å². The first-order valence-electron chi connectivity index (χ1n) is 9.70. The van der Waals surface area contributed by atoms with Crippen LogP contribution < -0.4 is 4.74 Å². The van der Waals surface area contributed by atoms with Gasteiger partial charge in [-0.15, -0.1) is 23.7 Å². The Morgan fingerprint density at radius 3 is 2.41 bits per heavy atom. The maximum absolute atomic E-state index is 5.19. The van der Waals surface area contributed by atoms with Gasteiger partial charge in [-0.05, 0) is 62.3 Å². The van der Waals surface area contributed by atoms with Crippen molar-refractivity contribution in [3.8, 4) is 17.1 Å². The second-order valence-electron chi connectivity index (χ2n) is 8.69. The molecule has 3 aromatic rings. The van der Waals surface area contributed by atoms with Crippen LogP contribution in [0.25, 0.3) is 16.2 Å². The molecule has 27 heavy (non-hydrogen) atoms. The number of hydrogen-bond acceptors (Lipinski definition) is 4. The summed E-state index contributed by atoms with van der Waals surface area (Å²) in [4.78, 5) is 10.6. The van der Waals surface area contributed by atoms with Gasteiger partial charge in [0.1, 0.15) is 0 Å². The molecule has 0 atom stereocenters. The lowest BCUT2D eigenvalue weighted by atomic mass is 9.49. The molecular formula is C21H24ClN3OS. The summed E-state index contributed by atoms with van der Waals surface area (Å²) in [5, 5.41) is 2.19. The van der Waals surface area contributed by atoms with Gasteiger partial charge in [-0.25, -0.2) is 9.97 Å². The summed E-state index contributed by atoms with van der Waals surface area (Å²) in [5.74, 6) is 3.50. The van der Waals surface area contributed by atoms with Crippen molar-refractivity contribution in [2.45, 2.75) is 43.9 Å². The third-order valence-electron chi connectivity index (χ3n) is 7.03. The molecule has 0 N–H and O–H groups in total. The van der Waals surface area contributed by atoms with E-state index in [1.807, 2.05) is 12.3 Å². The van der Waals surface area contributed by atoms with Gasteiger partial charge in [-0.1, -0.05) is 0 Å². The van der Waals surface area contributed by atoms with Gasteiger partial charge in [-0.2, -0.15) is 0 Å². The molecule has 3 aromatic heterocycles. The lowest BCUT2D eigenvalue weighted by Gasteiger charge is -2.56. The lowest BCUT2D eigenvalue weighted by Crippen LogP contribution is -2.48. The molecule has 6 heteroatoms. The van der Waals surface area contributed by atoms with Crippen LogP contribution in [0.1, 0.15) is 44.2 Å². The van der Waals surface area contributed by atoms with Crippen LogP contribution in [0.3, 0.4) is 0 Å². The van der Waals surface area contributed by atoms with Gasteiger partial charge in [0.15, 0.2) is 4.96 Å². The Labute approximate surface area is 169 Å². The van der Waals surface area contributed by atoms with Crippen molar-refractivity contribution in [2.24, 2.45) is 17.8 Å². The molecule has 3 heterocycles. The van der Waals surface area contributed by atoms with Crippen molar-refractivity contribution in [3.05, 3.63) is 35.6 Å². The molecule has 0 radical (unpaired) electrons. The second-order valence-corrected chi connectivity index (χ2v) is 9.52. The number of halogens is 1. The molecule has 142 valence electrons. The van der Waals surface area contributed by atoms with Crippen molar-refractivity contribution < 1.29 is 4.74 Å². The van der Waals surface area contributed by atoms with Gasteiger partial charge in [0.2, 0.25) is 5.88 Å². The fourth-order valence-corrected chi connectivity index (χ4v) is 7.21. The van der Waals surface area contributed by atoms with E-state index < -0.39 is 0 Å². The zero-order chi connectivity index (χ0) is 17.3. The maximum atomic E-state index is 5.19. The molecule has 0 spiro atoms. The first kappa shape index (κ1) is 17.5. The highest BCUT2D eigenvalue weighted by Crippen LogP contribution is 2.60. The normalized spacial score (nSPS) is 31.2. The monoisotopic (exact) mass is 401 g/mol. The summed E-state index contributed by atoms with van der Waals surface area (Å²) < 4.78 is 7.47. The maximum Gasteiger partial charge on any atom is 0.212 e. The van der Waals surface area contributed by atoms with Crippen LogP contribution in [0, 0.1) is 17.8 Å². The largest absolute Gasteiger partial charge is 0.481 e. The number of aromatic nitrogens is 3. The molecule has 4 saturated carbocycles. The zero-order valence-corrected chi connectivity index (χ0v) is 17.1. The Morgan fingerprint density at radius 2 is 1.81 bits per heavy atom. The number of pyridine rings is 1. The molecular weight excluding hydrogens is 378 g/mol. The van der Waals surface area contributed by atoms with Crippen LogP contribution >= 0.6 is 23.7 Å². The predicted molar refractivity (Wildman–Crippen MR) is 110 cm³/mol. The van der Waals surface area contributed by atoms with Crippen LogP contribution in [0.15, 0.2) is 29.9 Å². The standard InChI is InChI=1S/C21H23N3OS.ClH/c1-25-19-3-2-16(10-22-19)17-12-26-20-23-18(11-24(17)20)21-7-13-4-14(8-21)6-15(5-13)9-21;/h2-3,10-15H,4-9H2,1H3;1H. The van der Waals surface area contributed by atoms with E-state index in [0.29, 0.717) is 11.3 Å². The Hall–Kier alpha value is -1.59. The van der Waals surface area contributed by atoms with E-state index in [9.17, 15) is 0 Å². The molecule has 4 fully saturated rings. The van der Waals surface area contributed by atoms with E-state index in [2.05, 4.69) is 27.0 Å². The van der Waals surface area contributed by atoms with Crippen molar-refractivity contribution in [2.75, 3.05) is 7.11 Å². The smallest absolute Gasteiger partial charge is 0.212 e. The number of hydrogen-bond donors (Lipinski definition) is 0. The first-order chi connectivity index (χ1) is 12.7. The number of methoxy groups -OCH3 is 1. The lowest BCUT2D eigenvalue weighted by molar-refractivity contribution is -0.00696. The summed E-state index contributed by atoms with van der Waals surface area (Å²) in [6.45, 7) is 0. The fraction of sp³-hybridized carbons (Fsp3) is 0.524. The van der Waals surface area contributed by atoms with Gasteiger partial charge >= 0.3 is 0 Å². The van der Waals surface area contributed by atoms with Gasteiger partial charge in [-0.3, -0.25) is 4.40 Å². The molecule has 0 saturated heterocycles. The molecule has 0 aromatic carbocycles. The minimum Gasteiger partial charge on any atom is -0.481 e. The number of thiazole rings is 1. The second kappa shape index (κ2) is 6.21. The summed E-state index contributed by atoms with van der Waals surface area (Å²) in [6, 6.07) is 4.01. The minimum atomic E-state index is 0. The van der Waals surface area contributed by atoms with Gasteiger partial charge in [0.25, 0.3) is 0 Å². The Bertz CT molecular complexity index is 942. The molecule has 4 aliphatic carbocycles. The third kappa shape index (κ3) is 2.62.